The van der Waals surface area contributed by atoms with Gasteiger partial charge in [-0.3, -0.25) is 0 Å². The Morgan fingerprint density at radius 3 is 2.94 bits per heavy atom. The first kappa shape index (κ1) is 13.3. The fraction of sp³-hybridized carbons (Fsp3) is 0.714. The molecule has 2 heterocycles. The van der Waals surface area contributed by atoms with Gasteiger partial charge in [0.2, 0.25) is 5.95 Å². The molecule has 4 nitrogen and oxygen atoms in total. The van der Waals surface area contributed by atoms with E-state index in [1.807, 2.05) is 18.5 Å². The van der Waals surface area contributed by atoms with Crippen LogP contribution in [0.3, 0.4) is 0 Å². The third-order valence-corrected chi connectivity index (χ3v) is 3.50. The van der Waals surface area contributed by atoms with Crippen LogP contribution >= 0.6 is 0 Å². The third-order valence-electron chi connectivity index (χ3n) is 3.50. The van der Waals surface area contributed by atoms with Gasteiger partial charge in [0.05, 0.1) is 0 Å². The van der Waals surface area contributed by atoms with Crippen molar-refractivity contribution in [1.82, 2.24) is 15.3 Å². The third kappa shape index (κ3) is 3.67. The maximum absolute atomic E-state index is 4.34. The first-order valence-electron chi connectivity index (χ1n) is 7.07. The largest absolute Gasteiger partial charge is 0.339 e. The molecule has 2 rings (SSSR count). The summed E-state index contributed by atoms with van der Waals surface area (Å²) in [6.45, 7) is 6.62. The average Bonchev–Trinajstić information content (AvgIpc) is 2.40. The number of rotatable bonds is 5. The quantitative estimate of drug-likeness (QED) is 0.867. The fourth-order valence-electron chi connectivity index (χ4n) is 2.67. The highest BCUT2D eigenvalue weighted by Gasteiger charge is 2.22. The van der Waals surface area contributed by atoms with E-state index in [2.05, 4.69) is 34.0 Å². The number of anilines is 1. The van der Waals surface area contributed by atoms with Crippen molar-refractivity contribution >= 4 is 5.95 Å². The summed E-state index contributed by atoms with van der Waals surface area (Å²) in [7, 11) is 0. The van der Waals surface area contributed by atoms with E-state index in [9.17, 15) is 0 Å². The summed E-state index contributed by atoms with van der Waals surface area (Å²) >= 11 is 0. The highest BCUT2D eigenvalue weighted by atomic mass is 15.3. The summed E-state index contributed by atoms with van der Waals surface area (Å²) in [5.74, 6) is 0.868. The lowest BCUT2D eigenvalue weighted by Crippen LogP contribution is -2.49. The normalized spacial score (nSPS) is 21.9. The molecule has 0 radical (unpaired) electrons. The SMILES string of the molecule is CCCC(C)NC1CCCN(c2ncccn2)C1. The molecular formula is C14H24N4. The zero-order valence-corrected chi connectivity index (χ0v) is 11.5. The maximum atomic E-state index is 4.34. The van der Waals surface area contributed by atoms with E-state index in [0.29, 0.717) is 12.1 Å². The molecule has 0 amide bonds. The van der Waals surface area contributed by atoms with Crippen LogP contribution in [0.5, 0.6) is 0 Å². The summed E-state index contributed by atoms with van der Waals surface area (Å²) in [4.78, 5) is 11.0. The monoisotopic (exact) mass is 248 g/mol. The molecule has 0 spiro atoms. The summed E-state index contributed by atoms with van der Waals surface area (Å²) in [5, 5.41) is 3.72. The molecule has 0 aromatic carbocycles. The van der Waals surface area contributed by atoms with Gasteiger partial charge in [-0.2, -0.15) is 0 Å². The molecule has 100 valence electrons. The van der Waals surface area contributed by atoms with E-state index in [-0.39, 0.29) is 0 Å². The molecule has 1 aromatic heterocycles. The van der Waals surface area contributed by atoms with Gasteiger partial charge in [0.15, 0.2) is 0 Å². The molecule has 2 unspecified atom stereocenters. The van der Waals surface area contributed by atoms with E-state index in [0.717, 1.165) is 19.0 Å². The second-order valence-corrected chi connectivity index (χ2v) is 5.19. The molecule has 0 aliphatic carbocycles. The highest BCUT2D eigenvalue weighted by Crippen LogP contribution is 2.16. The molecule has 1 N–H and O–H groups in total. The molecule has 1 aromatic rings. The van der Waals surface area contributed by atoms with E-state index in [4.69, 9.17) is 0 Å². The number of nitrogens with one attached hydrogen (secondary N) is 1. The number of hydrogen-bond acceptors (Lipinski definition) is 4. The molecular weight excluding hydrogens is 224 g/mol. The molecule has 4 heteroatoms. The lowest BCUT2D eigenvalue weighted by atomic mass is 10.0. The average molecular weight is 248 g/mol. The Morgan fingerprint density at radius 1 is 1.44 bits per heavy atom. The van der Waals surface area contributed by atoms with Crippen molar-refractivity contribution in [3.05, 3.63) is 18.5 Å². The van der Waals surface area contributed by atoms with Crippen LogP contribution in [-0.4, -0.2) is 35.1 Å². The van der Waals surface area contributed by atoms with Crippen molar-refractivity contribution in [3.63, 3.8) is 0 Å². The van der Waals surface area contributed by atoms with Gasteiger partial charge in [-0.25, -0.2) is 9.97 Å². The van der Waals surface area contributed by atoms with Crippen molar-refractivity contribution in [2.75, 3.05) is 18.0 Å². The second-order valence-electron chi connectivity index (χ2n) is 5.19. The minimum atomic E-state index is 0.573. The first-order valence-corrected chi connectivity index (χ1v) is 7.07. The zero-order valence-electron chi connectivity index (χ0n) is 11.5. The van der Waals surface area contributed by atoms with Crippen LogP contribution in [0, 0.1) is 0 Å². The standard InChI is InChI=1S/C14H24N4/c1-3-6-12(2)17-13-7-4-10-18(11-13)14-15-8-5-9-16-14/h5,8-9,12-13,17H,3-4,6-7,10-11H2,1-2H3. The van der Waals surface area contributed by atoms with Crippen LogP contribution < -0.4 is 10.2 Å². The Hall–Kier alpha value is -1.16. The van der Waals surface area contributed by atoms with Crippen LogP contribution in [0.25, 0.3) is 0 Å². The predicted molar refractivity (Wildman–Crippen MR) is 74.8 cm³/mol. The van der Waals surface area contributed by atoms with Gasteiger partial charge >= 0.3 is 0 Å². The Bertz CT molecular complexity index is 341. The van der Waals surface area contributed by atoms with Gasteiger partial charge in [-0.1, -0.05) is 13.3 Å². The minimum absolute atomic E-state index is 0.573. The van der Waals surface area contributed by atoms with Gasteiger partial charge in [-0.05, 0) is 32.3 Å². The van der Waals surface area contributed by atoms with E-state index in [1.54, 1.807) is 0 Å². The number of hydrogen-bond donors (Lipinski definition) is 1. The lowest BCUT2D eigenvalue weighted by molar-refractivity contribution is 0.370. The molecule has 0 bridgehead atoms. The molecule has 18 heavy (non-hydrogen) atoms. The van der Waals surface area contributed by atoms with Crippen molar-refractivity contribution in [2.24, 2.45) is 0 Å². The number of piperidine rings is 1. The predicted octanol–water partition coefficient (Wildman–Crippen LogP) is 2.22. The lowest BCUT2D eigenvalue weighted by Gasteiger charge is -2.34. The molecule has 0 saturated carbocycles. The van der Waals surface area contributed by atoms with Gasteiger partial charge in [0.1, 0.15) is 0 Å². The van der Waals surface area contributed by atoms with Crippen molar-refractivity contribution in [1.29, 1.82) is 0 Å². The highest BCUT2D eigenvalue weighted by molar-refractivity contribution is 5.29. The topological polar surface area (TPSA) is 41.0 Å². The van der Waals surface area contributed by atoms with Crippen LogP contribution in [0.2, 0.25) is 0 Å². The van der Waals surface area contributed by atoms with Crippen molar-refractivity contribution in [2.45, 2.75) is 51.6 Å². The van der Waals surface area contributed by atoms with Crippen LogP contribution in [0.15, 0.2) is 18.5 Å². The summed E-state index contributed by atoms with van der Waals surface area (Å²) < 4.78 is 0. The second kappa shape index (κ2) is 6.69. The Kier molecular flexibility index (Phi) is 4.93. The van der Waals surface area contributed by atoms with Crippen molar-refractivity contribution in [3.8, 4) is 0 Å². The molecule has 1 saturated heterocycles. The van der Waals surface area contributed by atoms with E-state index < -0.39 is 0 Å². The van der Waals surface area contributed by atoms with E-state index in [1.165, 1.54) is 25.7 Å². The zero-order chi connectivity index (χ0) is 12.8. The van der Waals surface area contributed by atoms with Gasteiger partial charge in [0.25, 0.3) is 0 Å². The molecule has 2 atom stereocenters. The summed E-state index contributed by atoms with van der Waals surface area (Å²) in [6, 6.07) is 3.05. The summed E-state index contributed by atoms with van der Waals surface area (Å²) in [5.41, 5.74) is 0. The van der Waals surface area contributed by atoms with Crippen LogP contribution in [0.1, 0.15) is 39.5 Å². The number of aromatic nitrogens is 2. The molecule has 1 aliphatic rings. The van der Waals surface area contributed by atoms with Gasteiger partial charge in [0, 0.05) is 37.6 Å². The minimum Gasteiger partial charge on any atom is -0.339 e. The fourth-order valence-corrected chi connectivity index (χ4v) is 2.67. The van der Waals surface area contributed by atoms with Crippen molar-refractivity contribution < 1.29 is 0 Å². The van der Waals surface area contributed by atoms with Gasteiger partial charge < -0.3 is 10.2 Å². The molecule has 1 aliphatic heterocycles. The Morgan fingerprint density at radius 2 is 2.22 bits per heavy atom. The van der Waals surface area contributed by atoms with E-state index >= 15 is 0 Å². The Labute approximate surface area is 110 Å². The van der Waals surface area contributed by atoms with Crippen LogP contribution in [0.4, 0.5) is 5.95 Å². The summed E-state index contributed by atoms with van der Waals surface area (Å²) in [6.07, 6.45) is 8.61. The molecule has 1 fully saturated rings. The van der Waals surface area contributed by atoms with Crippen LogP contribution in [-0.2, 0) is 0 Å². The maximum Gasteiger partial charge on any atom is 0.225 e. The number of nitrogens with zero attached hydrogens (tertiary/aromatic N) is 3. The van der Waals surface area contributed by atoms with Gasteiger partial charge in [-0.15, -0.1) is 0 Å². The first-order chi connectivity index (χ1) is 8.79. The smallest absolute Gasteiger partial charge is 0.225 e. The Balaban J connectivity index is 1.89.